The molecule has 2 aromatic rings. The Balaban J connectivity index is 1.49. The first-order valence-corrected chi connectivity index (χ1v) is 11.7. The van der Waals surface area contributed by atoms with Crippen molar-refractivity contribution >= 4 is 39.8 Å². The summed E-state index contributed by atoms with van der Waals surface area (Å²) in [5, 5.41) is 16.2. The number of aliphatic imine (C=N–C) groups is 1. The molecule has 32 heavy (non-hydrogen) atoms. The van der Waals surface area contributed by atoms with E-state index in [0.717, 1.165) is 34.8 Å². The molecule has 1 N–H and O–H groups in total. The van der Waals surface area contributed by atoms with Crippen LogP contribution in [-0.2, 0) is 4.79 Å². The van der Waals surface area contributed by atoms with Crippen LogP contribution in [0.15, 0.2) is 46.0 Å². The molecule has 1 saturated carbocycles. The van der Waals surface area contributed by atoms with Crippen LogP contribution in [0.2, 0.25) is 0 Å². The van der Waals surface area contributed by atoms with E-state index in [1.54, 1.807) is 24.3 Å². The Morgan fingerprint density at radius 3 is 2.69 bits per heavy atom. The van der Waals surface area contributed by atoms with E-state index in [1.165, 1.54) is 42.1 Å². The van der Waals surface area contributed by atoms with Gasteiger partial charge in [-0.25, -0.2) is 4.39 Å². The van der Waals surface area contributed by atoms with Crippen LogP contribution in [0.5, 0.6) is 0 Å². The fourth-order valence-electron chi connectivity index (χ4n) is 4.61. The summed E-state index contributed by atoms with van der Waals surface area (Å²) in [5.41, 5.74) is 3.03. The first-order valence-electron chi connectivity index (χ1n) is 10.9. The summed E-state index contributed by atoms with van der Waals surface area (Å²) in [5.74, 6) is -0.335. The summed E-state index contributed by atoms with van der Waals surface area (Å²) in [7, 11) is 0. The molecule has 1 aromatic carbocycles. The van der Waals surface area contributed by atoms with Gasteiger partial charge in [0.25, 0.3) is 5.91 Å². The number of thioether (sulfide) groups is 1. The van der Waals surface area contributed by atoms with Gasteiger partial charge >= 0.3 is 0 Å². The third-order valence-electron chi connectivity index (χ3n) is 6.29. The molecule has 0 saturated heterocycles. The molecule has 1 amide bonds. The summed E-state index contributed by atoms with van der Waals surface area (Å²) >= 11 is 1.42. The molecular formula is C24H24FN5OS. The van der Waals surface area contributed by atoms with E-state index in [2.05, 4.69) is 10.1 Å². The highest BCUT2D eigenvalue weighted by Crippen LogP contribution is 2.36. The number of nitrogens with one attached hydrogen (secondary N) is 1. The Bertz CT molecular complexity index is 1220. The minimum absolute atomic E-state index is 0.0361. The minimum atomic E-state index is -0.440. The number of aromatic nitrogens is 1. The van der Waals surface area contributed by atoms with E-state index in [1.807, 2.05) is 24.5 Å². The molecule has 6 nitrogen and oxygen atoms in total. The number of fused-ring (bicyclic) bond motifs is 1. The zero-order valence-electron chi connectivity index (χ0n) is 18.1. The van der Waals surface area contributed by atoms with Gasteiger partial charge in [-0.1, -0.05) is 31.4 Å². The van der Waals surface area contributed by atoms with Crippen molar-refractivity contribution in [1.82, 2.24) is 9.58 Å². The second kappa shape index (κ2) is 8.16. The third kappa shape index (κ3) is 3.52. The molecule has 5 rings (SSSR count). The van der Waals surface area contributed by atoms with Crippen molar-refractivity contribution in [3.05, 3.63) is 58.7 Å². The maximum absolute atomic E-state index is 14.4. The van der Waals surface area contributed by atoms with Gasteiger partial charge in [-0.15, -0.1) is 0 Å². The normalized spacial score (nSPS) is 20.6. The Kier molecular flexibility index (Phi) is 5.33. The molecule has 1 aromatic heterocycles. The number of amides is 1. The molecule has 1 fully saturated rings. The number of hydrazone groups is 1. The zero-order valence-corrected chi connectivity index (χ0v) is 18.9. The zero-order chi connectivity index (χ0) is 22.4. The summed E-state index contributed by atoms with van der Waals surface area (Å²) < 4.78 is 16.2. The number of hydrogen-bond donors (Lipinski definition) is 1. The van der Waals surface area contributed by atoms with Crippen molar-refractivity contribution in [2.45, 2.75) is 46.0 Å². The number of rotatable bonds is 3. The van der Waals surface area contributed by atoms with Gasteiger partial charge in [-0.2, -0.15) is 15.1 Å². The molecule has 1 aliphatic carbocycles. The van der Waals surface area contributed by atoms with E-state index in [-0.39, 0.29) is 17.2 Å². The van der Waals surface area contributed by atoms with E-state index >= 15 is 0 Å². The van der Waals surface area contributed by atoms with Crippen LogP contribution >= 0.6 is 11.8 Å². The van der Waals surface area contributed by atoms with Crippen molar-refractivity contribution in [1.29, 1.82) is 5.41 Å². The molecule has 3 heterocycles. The second-order valence-electron chi connectivity index (χ2n) is 8.41. The van der Waals surface area contributed by atoms with Crippen molar-refractivity contribution in [3.63, 3.8) is 0 Å². The Hall–Kier alpha value is -3.00. The molecule has 0 unspecified atom stereocenters. The lowest BCUT2D eigenvalue weighted by Gasteiger charge is -2.20. The first-order chi connectivity index (χ1) is 15.4. The van der Waals surface area contributed by atoms with Crippen LogP contribution in [0, 0.1) is 31.0 Å². The number of hydrogen-bond acceptors (Lipinski definition) is 4. The summed E-state index contributed by atoms with van der Waals surface area (Å²) in [4.78, 5) is 17.0. The maximum atomic E-state index is 14.4. The van der Waals surface area contributed by atoms with E-state index in [0.29, 0.717) is 16.8 Å². The predicted octanol–water partition coefficient (Wildman–Crippen LogP) is 5.43. The molecule has 0 radical (unpaired) electrons. The SMILES string of the molecule is Cc1cc(C=C2C(=N)N3N=C(C4CCCCC4)SC3=NC2=O)c(C)n1-c1ccccc1F. The van der Waals surface area contributed by atoms with Crippen LogP contribution < -0.4 is 0 Å². The van der Waals surface area contributed by atoms with Gasteiger partial charge in [0.05, 0.1) is 11.3 Å². The number of para-hydroxylation sites is 1. The predicted molar refractivity (Wildman–Crippen MR) is 127 cm³/mol. The highest BCUT2D eigenvalue weighted by molar-refractivity contribution is 8.27. The maximum Gasteiger partial charge on any atom is 0.283 e. The van der Waals surface area contributed by atoms with Gasteiger partial charge in [-0.05, 0) is 68.3 Å². The van der Waals surface area contributed by atoms with Crippen molar-refractivity contribution in [2.24, 2.45) is 16.0 Å². The van der Waals surface area contributed by atoms with Gasteiger partial charge in [0.1, 0.15) is 10.9 Å². The number of nitrogens with zero attached hydrogens (tertiary/aromatic N) is 4. The number of halogens is 1. The quantitative estimate of drug-likeness (QED) is 0.635. The molecule has 0 bridgehead atoms. The van der Waals surface area contributed by atoms with Crippen LogP contribution in [0.3, 0.4) is 0 Å². The number of aryl methyl sites for hydroxylation is 1. The molecule has 8 heteroatoms. The molecule has 2 aliphatic heterocycles. The minimum Gasteiger partial charge on any atom is -0.315 e. The fraction of sp³-hybridized carbons (Fsp3) is 0.333. The van der Waals surface area contributed by atoms with Gasteiger partial charge in [0.2, 0.25) is 5.17 Å². The monoisotopic (exact) mass is 449 g/mol. The van der Waals surface area contributed by atoms with E-state index < -0.39 is 5.91 Å². The lowest BCUT2D eigenvalue weighted by Crippen LogP contribution is -2.35. The molecular weight excluding hydrogens is 425 g/mol. The van der Waals surface area contributed by atoms with E-state index in [4.69, 9.17) is 5.41 Å². The van der Waals surface area contributed by atoms with Gasteiger partial charge < -0.3 is 4.57 Å². The average molecular weight is 450 g/mol. The summed E-state index contributed by atoms with van der Waals surface area (Å²) in [6.45, 7) is 3.77. The third-order valence-corrected chi connectivity index (χ3v) is 7.36. The van der Waals surface area contributed by atoms with Crippen molar-refractivity contribution < 1.29 is 9.18 Å². The molecule has 164 valence electrons. The topological polar surface area (TPSA) is 73.8 Å². The number of benzene rings is 1. The van der Waals surface area contributed by atoms with Gasteiger partial charge in [-0.3, -0.25) is 10.2 Å². The highest BCUT2D eigenvalue weighted by Gasteiger charge is 2.38. The molecule has 0 spiro atoms. The summed E-state index contributed by atoms with van der Waals surface area (Å²) in [6, 6.07) is 8.49. The number of carbonyl (C=O) groups excluding carboxylic acids is 1. The fourth-order valence-corrected chi connectivity index (χ4v) is 5.67. The Morgan fingerprint density at radius 2 is 1.94 bits per heavy atom. The highest BCUT2D eigenvalue weighted by atomic mass is 32.2. The first kappa shape index (κ1) is 20.9. The Morgan fingerprint density at radius 1 is 1.19 bits per heavy atom. The van der Waals surface area contributed by atoms with Crippen LogP contribution in [-0.4, -0.2) is 31.5 Å². The second-order valence-corrected chi connectivity index (χ2v) is 9.39. The molecule has 3 aliphatic rings. The number of amidine groups is 2. The van der Waals surface area contributed by atoms with Crippen molar-refractivity contribution in [3.8, 4) is 5.69 Å². The smallest absolute Gasteiger partial charge is 0.283 e. The van der Waals surface area contributed by atoms with Crippen LogP contribution in [0.25, 0.3) is 11.8 Å². The standard InChI is InChI=1S/C24H24FN5OS/c1-14-12-17(15(2)29(14)20-11-7-6-10-19(20)25)13-18-21(26)30-24(27-22(18)31)32-23(28-30)16-8-4-3-5-9-16/h6-7,10-13,16,26H,3-5,8-9H2,1-2H3. The van der Waals surface area contributed by atoms with E-state index in [9.17, 15) is 9.18 Å². The van der Waals surface area contributed by atoms with Crippen LogP contribution in [0.4, 0.5) is 4.39 Å². The largest absolute Gasteiger partial charge is 0.315 e. The number of carbonyl (C=O) groups is 1. The van der Waals surface area contributed by atoms with Crippen molar-refractivity contribution in [2.75, 3.05) is 0 Å². The summed E-state index contributed by atoms with van der Waals surface area (Å²) in [6.07, 6.45) is 7.50. The average Bonchev–Trinajstić information content (AvgIpc) is 3.33. The lowest BCUT2D eigenvalue weighted by molar-refractivity contribution is -0.114. The van der Waals surface area contributed by atoms with Gasteiger partial charge in [0.15, 0.2) is 5.84 Å². The van der Waals surface area contributed by atoms with Gasteiger partial charge in [0, 0.05) is 17.3 Å². The lowest BCUT2D eigenvalue weighted by atomic mass is 9.90. The Labute approximate surface area is 190 Å². The molecule has 0 atom stereocenters. The van der Waals surface area contributed by atoms with Crippen LogP contribution in [0.1, 0.15) is 49.1 Å².